The molecule has 1 aliphatic rings. The number of aliphatic carboxylic acids is 1. The number of aromatic nitrogens is 2. The summed E-state index contributed by atoms with van der Waals surface area (Å²) in [7, 11) is -4.29. The van der Waals surface area contributed by atoms with Crippen LogP contribution in [0.5, 0.6) is 11.6 Å². The van der Waals surface area contributed by atoms with Crippen LogP contribution < -0.4 is 19.1 Å². The predicted octanol–water partition coefficient (Wildman–Crippen LogP) is 6.50. The van der Waals surface area contributed by atoms with Gasteiger partial charge in [0, 0.05) is 25.4 Å². The molecule has 246 valence electrons. The van der Waals surface area contributed by atoms with Crippen LogP contribution in [-0.4, -0.2) is 54.9 Å². The number of alkyl halides is 2. The summed E-state index contributed by atoms with van der Waals surface area (Å²) in [6, 6.07) is 4.52. The van der Waals surface area contributed by atoms with Crippen molar-refractivity contribution in [2.45, 2.75) is 94.2 Å². The SMILES string of the molecule is C#C.CC.CC.CC.CC(C)(C)C(=O)O.CCn1cc(S(=O)(=O)N2CCOc3ccc(NC(C)=O)cc32)c(OC(F)F)n1. The van der Waals surface area contributed by atoms with Gasteiger partial charge in [0.15, 0.2) is 4.90 Å². The van der Waals surface area contributed by atoms with Gasteiger partial charge in [0.1, 0.15) is 12.4 Å². The number of carbonyl (C=O) groups excluding carboxylic acids is 1. The van der Waals surface area contributed by atoms with E-state index in [0.29, 0.717) is 5.69 Å². The minimum atomic E-state index is -4.29. The van der Waals surface area contributed by atoms with E-state index in [2.05, 4.69) is 28.0 Å². The van der Waals surface area contributed by atoms with Gasteiger partial charge in [0.2, 0.25) is 5.91 Å². The molecule has 0 radical (unpaired) electrons. The summed E-state index contributed by atoms with van der Waals surface area (Å²) in [5, 5.41) is 14.6. The average molecular weight is 635 g/mol. The molecule has 43 heavy (non-hydrogen) atoms. The first-order chi connectivity index (χ1) is 20.2. The number of amides is 1. The molecular weight excluding hydrogens is 586 g/mol. The summed E-state index contributed by atoms with van der Waals surface area (Å²) in [5.41, 5.74) is -0.0463. The largest absolute Gasteiger partial charge is 0.489 e. The molecule has 3 rings (SSSR count). The molecule has 2 aromatic rings. The fourth-order valence-corrected chi connectivity index (χ4v) is 4.25. The molecule has 14 heteroatoms. The zero-order chi connectivity index (χ0) is 34.6. The molecule has 1 aliphatic heterocycles. The van der Waals surface area contributed by atoms with Crippen molar-refractivity contribution in [3.05, 3.63) is 24.4 Å². The summed E-state index contributed by atoms with van der Waals surface area (Å²) in [6.45, 7) is 17.0. The van der Waals surface area contributed by atoms with E-state index in [1.807, 2.05) is 41.5 Å². The number of rotatable bonds is 6. The summed E-state index contributed by atoms with van der Waals surface area (Å²) >= 11 is 0. The molecule has 1 aromatic carbocycles. The highest BCUT2D eigenvalue weighted by molar-refractivity contribution is 7.93. The van der Waals surface area contributed by atoms with Gasteiger partial charge in [0.25, 0.3) is 15.9 Å². The number of fused-ring (bicyclic) bond motifs is 1. The van der Waals surface area contributed by atoms with Crippen molar-refractivity contribution in [3.63, 3.8) is 0 Å². The van der Waals surface area contributed by atoms with Crippen LogP contribution in [-0.2, 0) is 26.2 Å². The minimum Gasteiger partial charge on any atom is -0.489 e. The van der Waals surface area contributed by atoms with Crippen LogP contribution in [0.15, 0.2) is 29.3 Å². The van der Waals surface area contributed by atoms with Crippen molar-refractivity contribution >= 4 is 33.3 Å². The highest BCUT2D eigenvalue weighted by Gasteiger charge is 2.35. The van der Waals surface area contributed by atoms with Crippen molar-refractivity contribution in [1.29, 1.82) is 0 Å². The van der Waals surface area contributed by atoms with E-state index in [1.54, 1.807) is 33.8 Å². The van der Waals surface area contributed by atoms with Crippen molar-refractivity contribution in [2.24, 2.45) is 5.41 Å². The maximum Gasteiger partial charge on any atom is 0.388 e. The van der Waals surface area contributed by atoms with Crippen molar-refractivity contribution < 1.29 is 41.4 Å². The van der Waals surface area contributed by atoms with Crippen LogP contribution in [0, 0.1) is 18.3 Å². The number of benzene rings is 1. The zero-order valence-electron chi connectivity index (χ0n) is 27.1. The number of nitrogens with one attached hydrogen (secondary N) is 1. The fraction of sp³-hybridized carbons (Fsp3) is 0.552. The Balaban J connectivity index is -0.000000906. The Hall–Kier alpha value is -3.86. The first kappa shape index (κ1) is 43.6. The van der Waals surface area contributed by atoms with Crippen molar-refractivity contribution in [1.82, 2.24) is 9.78 Å². The van der Waals surface area contributed by atoms with Crippen molar-refractivity contribution in [2.75, 3.05) is 22.8 Å². The fourth-order valence-electron chi connectivity index (χ4n) is 2.73. The smallest absolute Gasteiger partial charge is 0.388 e. The molecular formula is C29H48F2N4O7S. The minimum absolute atomic E-state index is 0.0513. The third-order valence-electron chi connectivity index (χ3n) is 4.53. The molecule has 1 amide bonds. The van der Waals surface area contributed by atoms with Gasteiger partial charge in [-0.3, -0.25) is 18.6 Å². The van der Waals surface area contributed by atoms with Gasteiger partial charge in [-0.25, -0.2) is 8.42 Å². The standard InChI is InChI=1S/C16H18F2N4O5S.C5H10O2.3C2H6.C2H2/c1-3-21-9-14(15(20-21)27-16(17)18)28(24,25)22-6-7-26-13-5-4-11(8-12(13)22)19-10(2)23;1-5(2,3)4(6)7;4*1-2/h4-5,8-9,16H,3,6-7H2,1-2H3,(H,19,23);1-3H3,(H,6,7);3*1-2H3;1-2H. The summed E-state index contributed by atoms with van der Waals surface area (Å²) in [5.74, 6) is -1.48. The number of hydrogen-bond donors (Lipinski definition) is 2. The lowest BCUT2D eigenvalue weighted by atomic mass is 9.98. The Labute approximate surface area is 255 Å². The molecule has 0 spiro atoms. The highest BCUT2D eigenvalue weighted by atomic mass is 32.2. The number of halogens is 2. The zero-order valence-corrected chi connectivity index (χ0v) is 27.9. The Morgan fingerprint density at radius 2 is 1.65 bits per heavy atom. The summed E-state index contributed by atoms with van der Waals surface area (Å²) in [4.78, 5) is 20.8. The lowest BCUT2D eigenvalue weighted by molar-refractivity contribution is -0.145. The third kappa shape index (κ3) is 14.2. The third-order valence-corrected chi connectivity index (χ3v) is 6.33. The number of terminal acetylenes is 1. The summed E-state index contributed by atoms with van der Waals surface area (Å²) in [6.07, 6.45) is 9.14. The van der Waals surface area contributed by atoms with Crippen LogP contribution in [0.1, 0.15) is 76.2 Å². The second-order valence-corrected chi connectivity index (χ2v) is 10.2. The normalized spacial score (nSPS) is 11.3. The van der Waals surface area contributed by atoms with Gasteiger partial charge in [-0.15, -0.1) is 17.9 Å². The van der Waals surface area contributed by atoms with E-state index in [1.165, 1.54) is 23.7 Å². The highest BCUT2D eigenvalue weighted by Crippen LogP contribution is 2.39. The van der Waals surface area contributed by atoms with Crippen LogP contribution in [0.4, 0.5) is 20.2 Å². The molecule has 0 saturated heterocycles. The van der Waals surface area contributed by atoms with E-state index in [9.17, 15) is 26.8 Å². The Morgan fingerprint density at radius 3 is 2.07 bits per heavy atom. The average Bonchev–Trinajstić information content (AvgIpc) is 3.39. The van der Waals surface area contributed by atoms with E-state index in [-0.39, 0.29) is 37.0 Å². The number of ether oxygens (including phenoxy) is 2. The van der Waals surface area contributed by atoms with Gasteiger partial charge in [-0.1, -0.05) is 41.5 Å². The predicted molar refractivity (Wildman–Crippen MR) is 166 cm³/mol. The first-order valence-corrected chi connectivity index (χ1v) is 15.3. The number of anilines is 2. The molecule has 2 heterocycles. The number of carboxylic acids is 1. The van der Waals surface area contributed by atoms with Crippen LogP contribution >= 0.6 is 0 Å². The van der Waals surface area contributed by atoms with E-state index in [0.717, 1.165) is 10.5 Å². The number of nitrogens with zero attached hydrogens (tertiary/aromatic N) is 3. The first-order valence-electron chi connectivity index (χ1n) is 13.8. The number of hydrogen-bond acceptors (Lipinski definition) is 7. The maximum absolute atomic E-state index is 13.2. The summed E-state index contributed by atoms with van der Waals surface area (Å²) < 4.78 is 63.9. The molecule has 2 N–H and O–H groups in total. The van der Waals surface area contributed by atoms with Gasteiger partial charge in [0.05, 0.1) is 17.6 Å². The molecule has 0 bridgehead atoms. The van der Waals surface area contributed by atoms with E-state index in [4.69, 9.17) is 9.84 Å². The number of aryl methyl sites for hydroxylation is 1. The molecule has 0 atom stereocenters. The van der Waals surface area contributed by atoms with Crippen LogP contribution in [0.25, 0.3) is 0 Å². The maximum atomic E-state index is 13.2. The van der Waals surface area contributed by atoms with Gasteiger partial charge >= 0.3 is 12.6 Å². The molecule has 0 saturated carbocycles. The molecule has 0 unspecified atom stereocenters. The number of carbonyl (C=O) groups is 2. The number of carboxylic acid groups (broad SMARTS) is 1. The van der Waals surface area contributed by atoms with E-state index >= 15 is 0 Å². The van der Waals surface area contributed by atoms with Crippen LogP contribution in [0.3, 0.4) is 0 Å². The lowest BCUT2D eigenvalue weighted by Crippen LogP contribution is -2.38. The van der Waals surface area contributed by atoms with Crippen LogP contribution in [0.2, 0.25) is 0 Å². The Kier molecular flexibility index (Phi) is 22.1. The van der Waals surface area contributed by atoms with Gasteiger partial charge in [-0.05, 0) is 45.9 Å². The Morgan fingerprint density at radius 1 is 1.14 bits per heavy atom. The second-order valence-electron chi connectivity index (χ2n) is 8.38. The Bertz CT molecular complexity index is 1230. The van der Waals surface area contributed by atoms with Gasteiger partial charge < -0.3 is 19.9 Å². The monoisotopic (exact) mass is 634 g/mol. The number of sulfonamides is 1. The topological polar surface area (TPSA) is 140 Å². The lowest BCUT2D eigenvalue weighted by Gasteiger charge is -2.30. The molecule has 0 aliphatic carbocycles. The molecule has 11 nitrogen and oxygen atoms in total. The molecule has 1 aromatic heterocycles. The van der Waals surface area contributed by atoms with Crippen molar-refractivity contribution in [3.8, 4) is 24.5 Å². The quantitative estimate of drug-likeness (QED) is 0.344. The molecule has 0 fully saturated rings. The van der Waals surface area contributed by atoms with E-state index < -0.39 is 38.8 Å². The van der Waals surface area contributed by atoms with Gasteiger partial charge in [-0.2, -0.15) is 8.78 Å². The second kappa shape index (κ2) is 21.8.